The smallest absolute Gasteiger partial charge is 0.225 e. The van der Waals surface area contributed by atoms with E-state index in [1.807, 2.05) is 18.2 Å². The zero-order valence-electron chi connectivity index (χ0n) is 16.5. The average Bonchev–Trinajstić information content (AvgIpc) is 3.09. The Morgan fingerprint density at radius 2 is 1.66 bits per heavy atom. The summed E-state index contributed by atoms with van der Waals surface area (Å²) in [5, 5.41) is 40.6. The topological polar surface area (TPSA) is 99.4 Å². The molecule has 1 saturated heterocycles. The summed E-state index contributed by atoms with van der Waals surface area (Å²) in [6.45, 7) is 1.89. The third-order valence-electron chi connectivity index (χ3n) is 5.91. The van der Waals surface area contributed by atoms with Gasteiger partial charge in [0.1, 0.15) is 24.4 Å². The predicted octanol–water partition coefficient (Wildman–Crippen LogP) is 1.39. The van der Waals surface area contributed by atoms with Crippen molar-refractivity contribution in [2.45, 2.75) is 63.0 Å². The Morgan fingerprint density at radius 1 is 0.966 bits per heavy atom. The second-order valence-corrected chi connectivity index (χ2v) is 7.96. The van der Waals surface area contributed by atoms with E-state index in [1.54, 1.807) is 0 Å². The van der Waals surface area contributed by atoms with Crippen molar-refractivity contribution in [3.8, 4) is 0 Å². The van der Waals surface area contributed by atoms with Gasteiger partial charge in [0.2, 0.25) is 5.79 Å². The zero-order chi connectivity index (χ0) is 20.6. The molecule has 0 aliphatic carbocycles. The molecule has 0 amide bonds. The Balaban J connectivity index is 1.62. The number of hydrogen-bond donors (Lipinski definition) is 4. The summed E-state index contributed by atoms with van der Waals surface area (Å²) >= 11 is 0. The lowest BCUT2D eigenvalue weighted by Gasteiger charge is -2.46. The fourth-order valence-electron chi connectivity index (χ4n) is 4.28. The molecule has 2 aliphatic rings. The Bertz CT molecular complexity index is 849. The standard InChI is InChI=1S/C23H28O6/c1-2-3-14-4-6-15(7-5-14)10-16-8-9-17-13-28-23(18(17)11-16)22(27)21(26)20(25)19(12-24)29-23/h4-9,11,19-22,24-27H,2-3,10,12-13H2,1H3/t19-,20-,21+,22-,23?/m1/s1. The summed E-state index contributed by atoms with van der Waals surface area (Å²) in [6, 6.07) is 14.4. The molecule has 2 aromatic carbocycles. The molecule has 6 nitrogen and oxygen atoms in total. The molecule has 0 aromatic heterocycles. The van der Waals surface area contributed by atoms with Gasteiger partial charge in [-0.2, -0.15) is 0 Å². The van der Waals surface area contributed by atoms with Crippen LogP contribution in [0.25, 0.3) is 0 Å². The molecule has 4 rings (SSSR count). The molecule has 0 saturated carbocycles. The quantitative estimate of drug-likeness (QED) is 0.605. The minimum atomic E-state index is -1.59. The molecule has 0 radical (unpaired) electrons. The van der Waals surface area contributed by atoms with E-state index in [-0.39, 0.29) is 6.61 Å². The number of aryl methyl sites for hydroxylation is 1. The van der Waals surface area contributed by atoms with Crippen LogP contribution in [-0.2, 0) is 34.7 Å². The van der Waals surface area contributed by atoms with E-state index in [0.717, 1.165) is 24.0 Å². The van der Waals surface area contributed by atoms with Crippen molar-refractivity contribution in [2.75, 3.05) is 6.61 Å². The Labute approximate surface area is 170 Å². The van der Waals surface area contributed by atoms with Gasteiger partial charge < -0.3 is 29.9 Å². The average molecular weight is 400 g/mol. The molecule has 1 fully saturated rings. The van der Waals surface area contributed by atoms with E-state index in [0.29, 0.717) is 12.0 Å². The van der Waals surface area contributed by atoms with Crippen LogP contribution in [0.4, 0.5) is 0 Å². The van der Waals surface area contributed by atoms with Gasteiger partial charge in [0.05, 0.1) is 13.2 Å². The van der Waals surface area contributed by atoms with Crippen molar-refractivity contribution in [2.24, 2.45) is 0 Å². The number of hydrogen-bond acceptors (Lipinski definition) is 6. The molecule has 29 heavy (non-hydrogen) atoms. The number of fused-ring (bicyclic) bond motifs is 2. The number of aliphatic hydroxyl groups excluding tert-OH is 4. The van der Waals surface area contributed by atoms with Gasteiger partial charge >= 0.3 is 0 Å². The molecule has 2 aliphatic heterocycles. The van der Waals surface area contributed by atoms with Gasteiger partial charge in [0.25, 0.3) is 0 Å². The normalized spacial score (nSPS) is 31.2. The van der Waals surface area contributed by atoms with E-state index in [4.69, 9.17) is 9.47 Å². The highest BCUT2D eigenvalue weighted by Crippen LogP contribution is 2.46. The van der Waals surface area contributed by atoms with Crippen LogP contribution in [-0.4, -0.2) is 51.4 Å². The fraction of sp³-hybridized carbons (Fsp3) is 0.478. The number of benzene rings is 2. The predicted molar refractivity (Wildman–Crippen MR) is 106 cm³/mol. The van der Waals surface area contributed by atoms with Crippen molar-refractivity contribution in [3.05, 3.63) is 70.3 Å². The van der Waals surface area contributed by atoms with Crippen molar-refractivity contribution in [1.29, 1.82) is 0 Å². The highest BCUT2D eigenvalue weighted by molar-refractivity contribution is 5.41. The number of aliphatic hydroxyl groups is 4. The van der Waals surface area contributed by atoms with Crippen LogP contribution in [0, 0.1) is 0 Å². The molecular formula is C23H28O6. The molecule has 6 heteroatoms. The third kappa shape index (κ3) is 3.61. The first-order chi connectivity index (χ1) is 14.0. The maximum absolute atomic E-state index is 10.7. The summed E-state index contributed by atoms with van der Waals surface area (Å²) in [5.74, 6) is -1.59. The first kappa shape index (κ1) is 20.5. The number of rotatable bonds is 5. The van der Waals surface area contributed by atoms with Crippen molar-refractivity contribution < 1.29 is 29.9 Å². The summed E-state index contributed by atoms with van der Waals surface area (Å²) in [4.78, 5) is 0. The van der Waals surface area contributed by atoms with Crippen LogP contribution in [0.5, 0.6) is 0 Å². The van der Waals surface area contributed by atoms with Crippen LogP contribution < -0.4 is 0 Å². The second kappa shape index (κ2) is 8.14. The lowest BCUT2D eigenvalue weighted by molar-refractivity contribution is -0.368. The van der Waals surface area contributed by atoms with E-state index in [2.05, 4.69) is 31.2 Å². The summed E-state index contributed by atoms with van der Waals surface area (Å²) in [6.07, 6.45) is -2.50. The lowest BCUT2D eigenvalue weighted by Crippen LogP contribution is -2.63. The van der Waals surface area contributed by atoms with Gasteiger partial charge in [0.15, 0.2) is 0 Å². The van der Waals surface area contributed by atoms with Gasteiger partial charge in [-0.05, 0) is 41.2 Å². The minimum Gasteiger partial charge on any atom is -0.394 e. The maximum atomic E-state index is 10.7. The molecule has 2 aromatic rings. The summed E-state index contributed by atoms with van der Waals surface area (Å²) < 4.78 is 11.6. The van der Waals surface area contributed by atoms with Crippen molar-refractivity contribution >= 4 is 0 Å². The summed E-state index contributed by atoms with van der Waals surface area (Å²) in [7, 11) is 0. The van der Waals surface area contributed by atoms with Gasteiger partial charge in [0, 0.05) is 5.56 Å². The van der Waals surface area contributed by atoms with Crippen LogP contribution in [0.1, 0.15) is 41.2 Å². The SMILES string of the molecule is CCCc1ccc(Cc2ccc3c(c2)C2(OC3)O[C@H](CO)[C@@H](O)[C@H](O)[C@H]2O)cc1. The van der Waals surface area contributed by atoms with Crippen molar-refractivity contribution in [1.82, 2.24) is 0 Å². The molecule has 0 bridgehead atoms. The highest BCUT2D eigenvalue weighted by Gasteiger charge is 2.58. The maximum Gasteiger partial charge on any atom is 0.225 e. The highest BCUT2D eigenvalue weighted by atomic mass is 16.7. The molecule has 156 valence electrons. The zero-order valence-corrected chi connectivity index (χ0v) is 16.5. The van der Waals surface area contributed by atoms with Crippen LogP contribution in [0.2, 0.25) is 0 Å². The Morgan fingerprint density at radius 3 is 2.34 bits per heavy atom. The molecule has 4 N–H and O–H groups in total. The molecule has 1 spiro atoms. The Hall–Kier alpha value is -1.80. The minimum absolute atomic E-state index is 0.222. The first-order valence-electron chi connectivity index (χ1n) is 10.2. The van der Waals surface area contributed by atoms with Gasteiger partial charge in [-0.3, -0.25) is 0 Å². The lowest BCUT2D eigenvalue weighted by atomic mass is 9.86. The second-order valence-electron chi connectivity index (χ2n) is 7.96. The monoisotopic (exact) mass is 400 g/mol. The van der Waals surface area contributed by atoms with E-state index in [1.165, 1.54) is 11.1 Å². The molecule has 5 atom stereocenters. The van der Waals surface area contributed by atoms with Crippen LogP contribution >= 0.6 is 0 Å². The number of ether oxygens (including phenoxy) is 2. The van der Waals surface area contributed by atoms with E-state index in [9.17, 15) is 20.4 Å². The molecule has 1 unspecified atom stereocenters. The van der Waals surface area contributed by atoms with Crippen LogP contribution in [0.3, 0.4) is 0 Å². The first-order valence-corrected chi connectivity index (χ1v) is 10.2. The fourth-order valence-corrected chi connectivity index (χ4v) is 4.28. The van der Waals surface area contributed by atoms with Gasteiger partial charge in [-0.15, -0.1) is 0 Å². The third-order valence-corrected chi connectivity index (χ3v) is 5.91. The largest absolute Gasteiger partial charge is 0.394 e. The van der Waals surface area contributed by atoms with Crippen LogP contribution in [0.15, 0.2) is 42.5 Å². The Kier molecular flexibility index (Phi) is 5.75. The van der Waals surface area contributed by atoms with Gasteiger partial charge in [-0.25, -0.2) is 0 Å². The van der Waals surface area contributed by atoms with E-state index < -0.39 is 36.8 Å². The van der Waals surface area contributed by atoms with E-state index >= 15 is 0 Å². The van der Waals surface area contributed by atoms with Crippen molar-refractivity contribution in [3.63, 3.8) is 0 Å². The van der Waals surface area contributed by atoms with Gasteiger partial charge in [-0.1, -0.05) is 49.7 Å². The molecule has 2 heterocycles. The summed E-state index contributed by atoms with van der Waals surface area (Å²) in [5.41, 5.74) is 5.00. The molecular weight excluding hydrogens is 372 g/mol.